The van der Waals surface area contributed by atoms with Crippen LogP contribution in [0.2, 0.25) is 0 Å². The molecule has 0 aromatic carbocycles. The lowest BCUT2D eigenvalue weighted by atomic mass is 10.4. The van der Waals surface area contributed by atoms with Gasteiger partial charge in [-0.25, -0.2) is 4.99 Å². The van der Waals surface area contributed by atoms with Crippen LogP contribution in [0.25, 0.3) is 0 Å². The lowest BCUT2D eigenvalue weighted by Gasteiger charge is -2.13. The van der Waals surface area contributed by atoms with Gasteiger partial charge in [0.2, 0.25) is 5.91 Å². The van der Waals surface area contributed by atoms with Crippen molar-refractivity contribution in [3.05, 3.63) is 0 Å². The third-order valence-electron chi connectivity index (χ3n) is 1.72. The molecule has 0 saturated heterocycles. The highest BCUT2D eigenvalue weighted by Gasteiger charge is 2.02. The van der Waals surface area contributed by atoms with E-state index >= 15 is 0 Å². The fraction of sp³-hybridized carbons (Fsp3) is 0.818. The summed E-state index contributed by atoms with van der Waals surface area (Å²) in [5.41, 5.74) is 0. The second kappa shape index (κ2) is 9.00. The molecule has 16 heavy (non-hydrogen) atoms. The zero-order valence-electron chi connectivity index (χ0n) is 10.8. The van der Waals surface area contributed by atoms with Crippen LogP contribution in [0.1, 0.15) is 34.1 Å². The van der Waals surface area contributed by atoms with Crippen molar-refractivity contribution in [1.82, 2.24) is 16.0 Å². The normalized spacial score (nSPS) is 11.4. The molecule has 0 radical (unpaired) electrons. The van der Waals surface area contributed by atoms with E-state index < -0.39 is 0 Å². The molecule has 0 saturated carbocycles. The van der Waals surface area contributed by atoms with Gasteiger partial charge in [0, 0.05) is 19.1 Å². The minimum absolute atomic E-state index is 0.0391. The summed E-state index contributed by atoms with van der Waals surface area (Å²) in [7, 11) is 0. The van der Waals surface area contributed by atoms with E-state index in [0.717, 1.165) is 13.0 Å². The summed E-state index contributed by atoms with van der Waals surface area (Å²) in [5, 5.41) is 9.02. The van der Waals surface area contributed by atoms with E-state index in [1.807, 2.05) is 27.7 Å². The first-order valence-electron chi connectivity index (χ1n) is 5.91. The van der Waals surface area contributed by atoms with Gasteiger partial charge in [-0.05, 0) is 27.2 Å². The highest BCUT2D eigenvalue weighted by Crippen LogP contribution is 1.80. The van der Waals surface area contributed by atoms with E-state index in [0.29, 0.717) is 18.5 Å². The Hall–Kier alpha value is -1.26. The van der Waals surface area contributed by atoms with Gasteiger partial charge in [-0.2, -0.15) is 0 Å². The maximum absolute atomic E-state index is 11.3. The number of carbonyl (C=O) groups is 1. The van der Waals surface area contributed by atoms with Crippen LogP contribution in [0.3, 0.4) is 0 Å². The molecule has 3 N–H and O–H groups in total. The summed E-state index contributed by atoms with van der Waals surface area (Å²) in [6.07, 6.45) is 0.944. The predicted molar refractivity (Wildman–Crippen MR) is 67.6 cm³/mol. The van der Waals surface area contributed by atoms with Crippen LogP contribution < -0.4 is 16.0 Å². The summed E-state index contributed by atoms with van der Waals surface area (Å²) >= 11 is 0. The van der Waals surface area contributed by atoms with Crippen molar-refractivity contribution in [2.75, 3.05) is 19.6 Å². The van der Waals surface area contributed by atoms with E-state index in [-0.39, 0.29) is 12.5 Å². The van der Waals surface area contributed by atoms with Gasteiger partial charge in [0.25, 0.3) is 0 Å². The fourth-order valence-corrected chi connectivity index (χ4v) is 1.06. The molecular weight excluding hydrogens is 204 g/mol. The van der Waals surface area contributed by atoms with Gasteiger partial charge in [0.1, 0.15) is 6.54 Å². The molecule has 0 unspecified atom stereocenters. The van der Waals surface area contributed by atoms with Gasteiger partial charge in [-0.15, -0.1) is 0 Å². The molecule has 0 aliphatic carbocycles. The summed E-state index contributed by atoms with van der Waals surface area (Å²) in [4.78, 5) is 15.5. The smallest absolute Gasteiger partial charge is 0.241 e. The molecule has 0 fully saturated rings. The number of guanidine groups is 1. The topological polar surface area (TPSA) is 65.5 Å². The maximum Gasteiger partial charge on any atom is 0.241 e. The van der Waals surface area contributed by atoms with Crippen molar-refractivity contribution in [3.63, 3.8) is 0 Å². The summed E-state index contributed by atoms with van der Waals surface area (Å²) in [6, 6.07) is 0.302. The number of aliphatic imine (C=N–C) groups is 1. The third-order valence-corrected chi connectivity index (χ3v) is 1.72. The van der Waals surface area contributed by atoms with E-state index in [1.165, 1.54) is 0 Å². The van der Waals surface area contributed by atoms with Gasteiger partial charge in [-0.3, -0.25) is 4.79 Å². The van der Waals surface area contributed by atoms with Gasteiger partial charge < -0.3 is 16.0 Å². The molecule has 0 rings (SSSR count). The number of carbonyl (C=O) groups excluding carboxylic acids is 1. The van der Waals surface area contributed by atoms with Gasteiger partial charge in [-0.1, -0.05) is 6.92 Å². The quantitative estimate of drug-likeness (QED) is 0.457. The average molecular weight is 228 g/mol. The second-order valence-electron chi connectivity index (χ2n) is 3.84. The number of hydrogen-bond acceptors (Lipinski definition) is 2. The van der Waals surface area contributed by atoms with Crippen LogP contribution in [-0.4, -0.2) is 37.5 Å². The van der Waals surface area contributed by atoms with E-state index in [2.05, 4.69) is 20.9 Å². The van der Waals surface area contributed by atoms with Crippen LogP contribution >= 0.6 is 0 Å². The third kappa shape index (κ3) is 8.08. The van der Waals surface area contributed by atoms with Crippen LogP contribution in [0.15, 0.2) is 4.99 Å². The summed E-state index contributed by atoms with van der Waals surface area (Å²) < 4.78 is 0. The van der Waals surface area contributed by atoms with Gasteiger partial charge >= 0.3 is 0 Å². The van der Waals surface area contributed by atoms with Crippen LogP contribution in [0.5, 0.6) is 0 Å². The second-order valence-corrected chi connectivity index (χ2v) is 3.84. The minimum atomic E-state index is -0.0391. The van der Waals surface area contributed by atoms with Crippen molar-refractivity contribution < 1.29 is 4.79 Å². The molecule has 0 aromatic heterocycles. The Morgan fingerprint density at radius 3 is 2.44 bits per heavy atom. The van der Waals surface area contributed by atoms with Gasteiger partial charge in [0.05, 0.1) is 0 Å². The highest BCUT2D eigenvalue weighted by molar-refractivity contribution is 5.84. The molecule has 0 bridgehead atoms. The van der Waals surface area contributed by atoms with Crippen molar-refractivity contribution in [2.45, 2.75) is 40.2 Å². The Kier molecular flexibility index (Phi) is 8.29. The molecule has 1 amide bonds. The van der Waals surface area contributed by atoms with Crippen molar-refractivity contribution in [1.29, 1.82) is 0 Å². The molecular formula is C11H24N4O. The summed E-state index contributed by atoms with van der Waals surface area (Å²) in [5.74, 6) is 0.645. The Morgan fingerprint density at radius 2 is 1.94 bits per heavy atom. The lowest BCUT2D eigenvalue weighted by Crippen LogP contribution is -2.41. The Bertz CT molecular complexity index is 226. The Balaban J connectivity index is 4.05. The van der Waals surface area contributed by atoms with Crippen molar-refractivity contribution in [2.24, 2.45) is 4.99 Å². The summed E-state index contributed by atoms with van der Waals surface area (Å²) in [6.45, 7) is 9.75. The van der Waals surface area contributed by atoms with E-state index in [1.54, 1.807) is 0 Å². The van der Waals surface area contributed by atoms with Crippen LogP contribution in [-0.2, 0) is 4.79 Å². The predicted octanol–water partition coefficient (Wildman–Crippen LogP) is 0.476. The standard InChI is InChI=1S/C11H24N4O/c1-5-7-13-10(16)8-14-11(12-6-2)15-9(3)4/h9H,5-8H2,1-4H3,(H,13,16)(H2,12,14,15). The highest BCUT2D eigenvalue weighted by atomic mass is 16.1. The minimum Gasteiger partial charge on any atom is -0.357 e. The first kappa shape index (κ1) is 14.7. The molecule has 0 aromatic rings. The molecule has 5 heteroatoms. The zero-order chi connectivity index (χ0) is 12.4. The maximum atomic E-state index is 11.3. The number of hydrogen-bond donors (Lipinski definition) is 3. The molecule has 0 heterocycles. The molecule has 0 aliphatic rings. The number of rotatable bonds is 6. The monoisotopic (exact) mass is 228 g/mol. The number of amides is 1. The molecule has 94 valence electrons. The molecule has 0 atom stereocenters. The van der Waals surface area contributed by atoms with Crippen LogP contribution in [0.4, 0.5) is 0 Å². The average Bonchev–Trinajstić information content (AvgIpc) is 2.22. The molecule has 5 nitrogen and oxygen atoms in total. The largest absolute Gasteiger partial charge is 0.357 e. The Labute approximate surface area is 98.1 Å². The number of nitrogens with zero attached hydrogens (tertiary/aromatic N) is 1. The number of nitrogens with one attached hydrogen (secondary N) is 3. The lowest BCUT2D eigenvalue weighted by molar-refractivity contribution is -0.119. The van der Waals surface area contributed by atoms with E-state index in [4.69, 9.17) is 0 Å². The first-order valence-corrected chi connectivity index (χ1v) is 5.91. The Morgan fingerprint density at radius 1 is 1.25 bits per heavy atom. The van der Waals surface area contributed by atoms with Crippen molar-refractivity contribution in [3.8, 4) is 0 Å². The van der Waals surface area contributed by atoms with Gasteiger partial charge in [0.15, 0.2) is 5.96 Å². The van der Waals surface area contributed by atoms with Crippen LogP contribution in [0, 0.1) is 0 Å². The first-order chi connectivity index (χ1) is 7.60. The van der Waals surface area contributed by atoms with E-state index in [9.17, 15) is 4.79 Å². The van der Waals surface area contributed by atoms with Crippen molar-refractivity contribution >= 4 is 11.9 Å². The fourth-order valence-electron chi connectivity index (χ4n) is 1.06. The zero-order valence-corrected chi connectivity index (χ0v) is 10.8. The molecule has 0 spiro atoms. The molecule has 0 aliphatic heterocycles. The SMILES string of the molecule is CCCNC(=O)CN=C(NCC)NC(C)C.